The minimum Gasteiger partial charge on any atom is -0.489 e. The van der Waals surface area contributed by atoms with Crippen molar-refractivity contribution in [3.63, 3.8) is 0 Å². The Morgan fingerprint density at radius 2 is 1.55 bits per heavy atom. The molecular formula is C24H17ClINO3S. The van der Waals surface area contributed by atoms with Crippen LogP contribution in [0.3, 0.4) is 0 Å². The van der Waals surface area contributed by atoms with Crippen molar-refractivity contribution in [1.29, 1.82) is 0 Å². The minimum absolute atomic E-state index is 0.227. The average molecular weight is 562 g/mol. The number of ether oxygens (including phenoxy) is 1. The molecular weight excluding hydrogens is 545 g/mol. The number of carbonyl (C=O) groups excluding carboxylic acids is 2. The molecule has 0 aromatic heterocycles. The largest absolute Gasteiger partial charge is 0.489 e. The van der Waals surface area contributed by atoms with Gasteiger partial charge < -0.3 is 4.74 Å². The van der Waals surface area contributed by atoms with E-state index in [-0.39, 0.29) is 17.7 Å². The third-order valence-electron chi connectivity index (χ3n) is 4.62. The molecule has 3 aromatic rings. The smallest absolute Gasteiger partial charge is 0.293 e. The van der Waals surface area contributed by atoms with Crippen LogP contribution in [0.5, 0.6) is 5.75 Å². The van der Waals surface area contributed by atoms with Crippen LogP contribution in [0.25, 0.3) is 6.08 Å². The Labute approximate surface area is 203 Å². The molecule has 1 saturated heterocycles. The summed E-state index contributed by atoms with van der Waals surface area (Å²) in [4.78, 5) is 26.7. The molecule has 31 heavy (non-hydrogen) atoms. The van der Waals surface area contributed by atoms with E-state index in [2.05, 4.69) is 22.6 Å². The zero-order chi connectivity index (χ0) is 21.8. The number of nitrogens with zero attached hydrogens (tertiary/aromatic N) is 1. The topological polar surface area (TPSA) is 46.6 Å². The maximum absolute atomic E-state index is 12.7. The lowest BCUT2D eigenvalue weighted by molar-refractivity contribution is -0.123. The van der Waals surface area contributed by atoms with Crippen molar-refractivity contribution < 1.29 is 14.3 Å². The second kappa shape index (κ2) is 9.89. The first kappa shape index (κ1) is 21.9. The zero-order valence-corrected chi connectivity index (χ0v) is 20.0. The van der Waals surface area contributed by atoms with Gasteiger partial charge in [0.15, 0.2) is 0 Å². The fourth-order valence-corrected chi connectivity index (χ4v) is 4.29. The van der Waals surface area contributed by atoms with Crippen molar-refractivity contribution >= 4 is 63.2 Å². The first-order chi connectivity index (χ1) is 15.0. The summed E-state index contributed by atoms with van der Waals surface area (Å²) in [6, 6.07) is 22.7. The SMILES string of the molecule is O=C1S/C(=C/c2ccc(OCc3ccc(I)cc3)cc2)C(=O)N1Cc1ccc(Cl)cc1. The van der Waals surface area contributed by atoms with E-state index < -0.39 is 0 Å². The molecule has 3 aromatic carbocycles. The van der Waals surface area contributed by atoms with Crippen molar-refractivity contribution in [2.75, 3.05) is 0 Å². The van der Waals surface area contributed by atoms with Crippen molar-refractivity contribution in [1.82, 2.24) is 4.90 Å². The van der Waals surface area contributed by atoms with Gasteiger partial charge in [0, 0.05) is 8.59 Å². The van der Waals surface area contributed by atoms with Gasteiger partial charge in [0.25, 0.3) is 11.1 Å². The van der Waals surface area contributed by atoms with Gasteiger partial charge in [0.05, 0.1) is 11.4 Å². The van der Waals surface area contributed by atoms with Gasteiger partial charge in [-0.05, 0) is 93.5 Å². The monoisotopic (exact) mass is 561 g/mol. The molecule has 7 heteroatoms. The Balaban J connectivity index is 1.39. The van der Waals surface area contributed by atoms with Crippen LogP contribution in [-0.4, -0.2) is 16.0 Å². The summed E-state index contributed by atoms with van der Waals surface area (Å²) in [7, 11) is 0. The number of carbonyl (C=O) groups is 2. The summed E-state index contributed by atoms with van der Waals surface area (Å²) >= 11 is 9.12. The van der Waals surface area contributed by atoms with E-state index in [9.17, 15) is 9.59 Å². The van der Waals surface area contributed by atoms with Gasteiger partial charge in [0.1, 0.15) is 12.4 Å². The van der Waals surface area contributed by atoms with Gasteiger partial charge in [-0.1, -0.05) is 48.0 Å². The Kier molecular flexibility index (Phi) is 6.99. The molecule has 1 aliphatic rings. The van der Waals surface area contributed by atoms with E-state index in [0.717, 1.165) is 34.2 Å². The minimum atomic E-state index is -0.288. The summed E-state index contributed by atoms with van der Waals surface area (Å²) < 4.78 is 7.00. The number of hydrogen-bond donors (Lipinski definition) is 0. The van der Waals surface area contributed by atoms with Crippen LogP contribution in [0.4, 0.5) is 4.79 Å². The Morgan fingerprint density at radius 1 is 0.903 bits per heavy atom. The molecule has 0 unspecified atom stereocenters. The Hall–Kier alpha value is -2.29. The van der Waals surface area contributed by atoms with Crippen LogP contribution in [0.15, 0.2) is 77.7 Å². The number of hydrogen-bond acceptors (Lipinski definition) is 4. The summed E-state index contributed by atoms with van der Waals surface area (Å²) in [6.45, 7) is 0.713. The van der Waals surface area contributed by atoms with Gasteiger partial charge in [-0.2, -0.15) is 0 Å². The number of rotatable bonds is 6. The standard InChI is InChI=1S/C24H17ClINO3S/c25-19-7-1-17(2-8-19)14-27-23(28)22(31-24(27)29)13-16-5-11-21(12-6-16)30-15-18-3-9-20(26)10-4-18/h1-13H,14-15H2/b22-13+. The molecule has 0 bridgehead atoms. The van der Waals surface area contributed by atoms with E-state index in [1.54, 1.807) is 18.2 Å². The zero-order valence-electron chi connectivity index (χ0n) is 16.3. The average Bonchev–Trinajstić information content (AvgIpc) is 3.03. The molecule has 4 rings (SSSR count). The van der Waals surface area contributed by atoms with Crippen molar-refractivity contribution in [3.05, 3.63) is 103 Å². The molecule has 0 atom stereocenters. The lowest BCUT2D eigenvalue weighted by atomic mass is 10.2. The number of imide groups is 1. The number of benzene rings is 3. The van der Waals surface area contributed by atoms with Crippen LogP contribution in [-0.2, 0) is 17.9 Å². The Morgan fingerprint density at radius 3 is 2.23 bits per heavy atom. The predicted octanol–water partition coefficient (Wildman–Crippen LogP) is 6.76. The van der Waals surface area contributed by atoms with Gasteiger partial charge in [0.2, 0.25) is 0 Å². The lowest BCUT2D eigenvalue weighted by Gasteiger charge is -2.12. The highest BCUT2D eigenvalue weighted by atomic mass is 127. The summed E-state index contributed by atoms with van der Waals surface area (Å²) in [5.74, 6) is 0.454. The molecule has 4 nitrogen and oxygen atoms in total. The highest BCUT2D eigenvalue weighted by Gasteiger charge is 2.34. The summed E-state index contributed by atoms with van der Waals surface area (Å²) in [6.07, 6.45) is 1.73. The van der Waals surface area contributed by atoms with Gasteiger partial charge >= 0.3 is 0 Å². The molecule has 1 aliphatic heterocycles. The fraction of sp³-hybridized carbons (Fsp3) is 0.0833. The maximum Gasteiger partial charge on any atom is 0.293 e. The number of thioether (sulfide) groups is 1. The van der Waals surface area contributed by atoms with Gasteiger partial charge in [-0.15, -0.1) is 0 Å². The summed E-state index contributed by atoms with van der Waals surface area (Å²) in [5, 5.41) is 0.340. The molecule has 1 fully saturated rings. The van der Waals surface area contributed by atoms with Crippen LogP contribution in [0, 0.1) is 3.57 Å². The molecule has 0 saturated carbocycles. The third kappa shape index (κ3) is 5.70. The highest BCUT2D eigenvalue weighted by molar-refractivity contribution is 14.1. The van der Waals surface area contributed by atoms with E-state index >= 15 is 0 Å². The Bertz CT molecular complexity index is 1130. The molecule has 0 spiro atoms. The third-order valence-corrected chi connectivity index (χ3v) is 6.50. The van der Waals surface area contributed by atoms with Crippen LogP contribution >= 0.6 is 46.0 Å². The van der Waals surface area contributed by atoms with Gasteiger partial charge in [-0.25, -0.2) is 0 Å². The fourth-order valence-electron chi connectivity index (χ4n) is 2.97. The second-order valence-corrected chi connectivity index (χ2v) is 9.55. The maximum atomic E-state index is 12.7. The quantitative estimate of drug-likeness (QED) is 0.246. The van der Waals surface area contributed by atoms with Crippen LogP contribution < -0.4 is 4.74 Å². The van der Waals surface area contributed by atoms with Crippen LogP contribution in [0.2, 0.25) is 5.02 Å². The molecule has 2 amide bonds. The molecule has 0 N–H and O–H groups in total. The van der Waals surface area contributed by atoms with E-state index in [4.69, 9.17) is 16.3 Å². The van der Waals surface area contributed by atoms with Crippen molar-refractivity contribution in [3.8, 4) is 5.75 Å². The van der Waals surface area contributed by atoms with E-state index in [1.807, 2.05) is 60.7 Å². The van der Waals surface area contributed by atoms with Crippen LogP contribution in [0.1, 0.15) is 16.7 Å². The molecule has 1 heterocycles. The number of halogens is 2. The number of amides is 2. The highest BCUT2D eigenvalue weighted by Crippen LogP contribution is 2.33. The molecule has 0 radical (unpaired) electrons. The van der Waals surface area contributed by atoms with E-state index in [0.29, 0.717) is 16.5 Å². The van der Waals surface area contributed by atoms with Crippen molar-refractivity contribution in [2.45, 2.75) is 13.2 Å². The predicted molar refractivity (Wildman–Crippen MR) is 133 cm³/mol. The second-order valence-electron chi connectivity index (χ2n) is 6.88. The normalized spacial score (nSPS) is 15.0. The molecule has 156 valence electrons. The summed E-state index contributed by atoms with van der Waals surface area (Å²) in [5.41, 5.74) is 2.78. The van der Waals surface area contributed by atoms with E-state index in [1.165, 1.54) is 8.47 Å². The van der Waals surface area contributed by atoms with Crippen molar-refractivity contribution in [2.24, 2.45) is 0 Å². The molecule has 0 aliphatic carbocycles. The van der Waals surface area contributed by atoms with Gasteiger partial charge in [-0.3, -0.25) is 14.5 Å². The first-order valence-electron chi connectivity index (χ1n) is 9.45. The first-order valence-corrected chi connectivity index (χ1v) is 11.7. The lowest BCUT2D eigenvalue weighted by Crippen LogP contribution is -2.27.